The van der Waals surface area contributed by atoms with Gasteiger partial charge in [0.1, 0.15) is 11.1 Å². The SMILES string of the molecule is O=C(O)C(CCNS(=O)(=O)c1ccc(F)cc1)Sc1ccccc1. The summed E-state index contributed by atoms with van der Waals surface area (Å²) in [5.74, 6) is -1.54. The number of sulfonamides is 1. The van der Waals surface area contributed by atoms with Gasteiger partial charge in [-0.3, -0.25) is 4.79 Å². The summed E-state index contributed by atoms with van der Waals surface area (Å²) < 4.78 is 39.3. The van der Waals surface area contributed by atoms with Gasteiger partial charge in [0.25, 0.3) is 0 Å². The first-order valence-corrected chi connectivity index (χ1v) is 9.44. The van der Waals surface area contributed by atoms with Crippen molar-refractivity contribution in [2.45, 2.75) is 21.5 Å². The number of thioether (sulfide) groups is 1. The number of carboxylic acids is 1. The van der Waals surface area contributed by atoms with Gasteiger partial charge in [0.05, 0.1) is 4.90 Å². The molecule has 0 bridgehead atoms. The summed E-state index contributed by atoms with van der Waals surface area (Å²) in [7, 11) is -3.79. The predicted molar refractivity (Wildman–Crippen MR) is 89.9 cm³/mol. The van der Waals surface area contributed by atoms with Crippen molar-refractivity contribution in [1.82, 2.24) is 4.72 Å². The fourth-order valence-corrected chi connectivity index (χ4v) is 3.94. The van der Waals surface area contributed by atoms with E-state index in [1.165, 1.54) is 0 Å². The Bertz CT molecular complexity index is 779. The highest BCUT2D eigenvalue weighted by Crippen LogP contribution is 2.25. The van der Waals surface area contributed by atoms with E-state index in [1.807, 2.05) is 6.07 Å². The van der Waals surface area contributed by atoms with Gasteiger partial charge in [0.15, 0.2) is 0 Å². The van der Waals surface area contributed by atoms with Crippen LogP contribution in [0.5, 0.6) is 0 Å². The molecule has 1 unspecified atom stereocenters. The molecule has 0 heterocycles. The van der Waals surface area contributed by atoms with E-state index in [-0.39, 0.29) is 17.9 Å². The third kappa shape index (κ3) is 5.33. The largest absolute Gasteiger partial charge is 0.480 e. The van der Waals surface area contributed by atoms with Crippen LogP contribution < -0.4 is 4.72 Å². The van der Waals surface area contributed by atoms with E-state index in [9.17, 15) is 22.7 Å². The smallest absolute Gasteiger partial charge is 0.317 e. The summed E-state index contributed by atoms with van der Waals surface area (Å²) in [4.78, 5) is 12.1. The number of nitrogens with one attached hydrogen (secondary N) is 1. The molecule has 0 saturated heterocycles. The van der Waals surface area contributed by atoms with E-state index in [1.54, 1.807) is 24.3 Å². The molecule has 2 rings (SSSR count). The molecule has 0 amide bonds. The van der Waals surface area contributed by atoms with Crippen LogP contribution in [0, 0.1) is 5.82 Å². The molecule has 2 N–H and O–H groups in total. The van der Waals surface area contributed by atoms with Crippen LogP contribution in [0.1, 0.15) is 6.42 Å². The molecule has 0 aliphatic heterocycles. The van der Waals surface area contributed by atoms with E-state index in [4.69, 9.17) is 0 Å². The predicted octanol–water partition coefficient (Wildman–Crippen LogP) is 2.74. The van der Waals surface area contributed by atoms with Crippen LogP contribution in [-0.2, 0) is 14.8 Å². The second kappa shape index (κ2) is 8.27. The number of aliphatic carboxylic acids is 1. The third-order valence-corrected chi connectivity index (χ3v) is 5.86. The maximum absolute atomic E-state index is 12.8. The quantitative estimate of drug-likeness (QED) is 0.699. The average Bonchev–Trinajstić information content (AvgIpc) is 2.55. The van der Waals surface area contributed by atoms with Gasteiger partial charge in [-0.05, 0) is 42.8 Å². The highest BCUT2D eigenvalue weighted by atomic mass is 32.2. The lowest BCUT2D eigenvalue weighted by Gasteiger charge is -2.13. The maximum Gasteiger partial charge on any atom is 0.317 e. The zero-order valence-electron chi connectivity index (χ0n) is 12.6. The van der Waals surface area contributed by atoms with Crippen molar-refractivity contribution >= 4 is 27.8 Å². The minimum absolute atomic E-state index is 0.0312. The first kappa shape index (κ1) is 18.4. The van der Waals surface area contributed by atoms with Crippen molar-refractivity contribution in [2.75, 3.05) is 6.54 Å². The Morgan fingerprint density at radius 2 is 1.75 bits per heavy atom. The molecule has 8 heteroatoms. The van der Waals surface area contributed by atoms with E-state index in [0.29, 0.717) is 0 Å². The van der Waals surface area contributed by atoms with Gasteiger partial charge < -0.3 is 5.11 Å². The molecule has 2 aromatic carbocycles. The molecule has 0 aromatic heterocycles. The van der Waals surface area contributed by atoms with Crippen molar-refractivity contribution in [2.24, 2.45) is 0 Å². The molecule has 0 radical (unpaired) electrons. The van der Waals surface area contributed by atoms with Crippen LogP contribution in [0.4, 0.5) is 4.39 Å². The molecule has 1 atom stereocenters. The summed E-state index contributed by atoms with van der Waals surface area (Å²) in [6, 6.07) is 13.5. The summed E-state index contributed by atoms with van der Waals surface area (Å²) in [6.45, 7) is -0.0312. The molecule has 0 aliphatic carbocycles. The lowest BCUT2D eigenvalue weighted by atomic mass is 10.3. The summed E-state index contributed by atoms with van der Waals surface area (Å²) in [6.07, 6.45) is 0.120. The molecule has 0 fully saturated rings. The normalized spacial score (nSPS) is 12.7. The van der Waals surface area contributed by atoms with Crippen molar-refractivity contribution in [3.8, 4) is 0 Å². The van der Waals surface area contributed by atoms with Gasteiger partial charge in [-0.1, -0.05) is 18.2 Å². The topological polar surface area (TPSA) is 83.5 Å². The zero-order valence-corrected chi connectivity index (χ0v) is 14.2. The first-order chi connectivity index (χ1) is 11.4. The molecule has 0 spiro atoms. The number of hydrogen-bond acceptors (Lipinski definition) is 4. The molecule has 0 aliphatic rings. The van der Waals surface area contributed by atoms with Crippen molar-refractivity contribution in [3.63, 3.8) is 0 Å². The Labute approximate surface area is 144 Å². The fraction of sp³-hybridized carbons (Fsp3) is 0.188. The highest BCUT2D eigenvalue weighted by Gasteiger charge is 2.20. The average molecular weight is 369 g/mol. The highest BCUT2D eigenvalue weighted by molar-refractivity contribution is 8.00. The summed E-state index contributed by atoms with van der Waals surface area (Å²) in [5.41, 5.74) is 0. The Kier molecular flexibility index (Phi) is 6.36. The van der Waals surface area contributed by atoms with Gasteiger partial charge in [-0.15, -0.1) is 11.8 Å². The van der Waals surface area contributed by atoms with Gasteiger partial charge in [0, 0.05) is 11.4 Å². The number of halogens is 1. The standard InChI is InChI=1S/C16H16FNO4S2/c17-12-6-8-14(9-7-12)24(21,22)18-11-10-15(16(19)20)23-13-4-2-1-3-5-13/h1-9,15,18H,10-11H2,(H,19,20). The van der Waals surface area contributed by atoms with Crippen LogP contribution in [-0.4, -0.2) is 31.3 Å². The summed E-state index contributed by atoms with van der Waals surface area (Å²) >= 11 is 1.16. The lowest BCUT2D eigenvalue weighted by molar-refractivity contribution is -0.136. The zero-order chi connectivity index (χ0) is 17.6. The first-order valence-electron chi connectivity index (χ1n) is 7.08. The van der Waals surface area contributed by atoms with E-state index in [2.05, 4.69) is 4.72 Å². The Morgan fingerprint density at radius 1 is 1.12 bits per heavy atom. The van der Waals surface area contributed by atoms with E-state index in [0.717, 1.165) is 40.9 Å². The van der Waals surface area contributed by atoms with E-state index < -0.39 is 27.1 Å². The Morgan fingerprint density at radius 3 is 2.33 bits per heavy atom. The molecule has 0 saturated carbocycles. The number of benzene rings is 2. The minimum atomic E-state index is -3.79. The van der Waals surface area contributed by atoms with Crippen LogP contribution in [0.3, 0.4) is 0 Å². The number of hydrogen-bond donors (Lipinski definition) is 2. The van der Waals surface area contributed by atoms with Crippen molar-refractivity contribution in [3.05, 3.63) is 60.4 Å². The minimum Gasteiger partial charge on any atom is -0.480 e. The van der Waals surface area contributed by atoms with Crippen LogP contribution in [0.25, 0.3) is 0 Å². The second-order valence-corrected chi connectivity index (χ2v) is 7.94. The monoisotopic (exact) mass is 369 g/mol. The Balaban J connectivity index is 1.95. The number of carbonyl (C=O) groups is 1. The van der Waals surface area contributed by atoms with Gasteiger partial charge in [0.2, 0.25) is 10.0 Å². The summed E-state index contributed by atoms with van der Waals surface area (Å²) in [5, 5.41) is 8.50. The van der Waals surface area contributed by atoms with Crippen LogP contribution in [0.2, 0.25) is 0 Å². The second-order valence-electron chi connectivity index (χ2n) is 4.90. The van der Waals surface area contributed by atoms with E-state index >= 15 is 0 Å². The lowest BCUT2D eigenvalue weighted by Crippen LogP contribution is -2.29. The fourth-order valence-electron chi connectivity index (χ4n) is 1.92. The molecule has 128 valence electrons. The van der Waals surface area contributed by atoms with Crippen molar-refractivity contribution in [1.29, 1.82) is 0 Å². The van der Waals surface area contributed by atoms with Gasteiger partial charge >= 0.3 is 5.97 Å². The Hall–Kier alpha value is -1.90. The molecule has 5 nitrogen and oxygen atoms in total. The molecule has 2 aromatic rings. The van der Waals surface area contributed by atoms with Gasteiger partial charge in [-0.2, -0.15) is 0 Å². The van der Waals surface area contributed by atoms with Crippen LogP contribution >= 0.6 is 11.8 Å². The molecular weight excluding hydrogens is 353 g/mol. The third-order valence-electron chi connectivity index (χ3n) is 3.12. The number of carboxylic acid groups (broad SMARTS) is 1. The molecule has 24 heavy (non-hydrogen) atoms. The number of rotatable bonds is 8. The van der Waals surface area contributed by atoms with Crippen LogP contribution in [0.15, 0.2) is 64.4 Å². The van der Waals surface area contributed by atoms with Gasteiger partial charge in [-0.25, -0.2) is 17.5 Å². The molecular formula is C16H16FNO4S2. The van der Waals surface area contributed by atoms with Crippen molar-refractivity contribution < 1.29 is 22.7 Å². The maximum atomic E-state index is 12.8.